The van der Waals surface area contributed by atoms with Crippen LogP contribution in [0.15, 0.2) is 0 Å². The number of hydrogen-bond acceptors (Lipinski definition) is 3. The van der Waals surface area contributed by atoms with Crippen molar-refractivity contribution in [2.45, 2.75) is 46.1 Å². The Bertz CT molecular complexity index is 291. The molecule has 1 amide bonds. The van der Waals surface area contributed by atoms with Gasteiger partial charge in [0.2, 0.25) is 5.91 Å². The molecule has 0 aliphatic heterocycles. The molecule has 0 saturated carbocycles. The van der Waals surface area contributed by atoms with Gasteiger partial charge in [-0.1, -0.05) is 13.8 Å². The smallest absolute Gasteiger partial charge is 0.303 e. The van der Waals surface area contributed by atoms with E-state index in [1.54, 1.807) is 34.7 Å². The maximum atomic E-state index is 11.8. The van der Waals surface area contributed by atoms with Gasteiger partial charge in [0.1, 0.15) is 0 Å². The zero-order chi connectivity index (χ0) is 13.9. The average molecular weight is 245 g/mol. The Balaban J connectivity index is 4.39. The first-order valence-electron chi connectivity index (χ1n) is 5.61. The van der Waals surface area contributed by atoms with Gasteiger partial charge in [0.05, 0.1) is 12.0 Å². The van der Waals surface area contributed by atoms with Gasteiger partial charge in [-0.3, -0.25) is 9.59 Å². The van der Waals surface area contributed by atoms with E-state index in [0.717, 1.165) is 0 Å². The van der Waals surface area contributed by atoms with E-state index in [1.165, 1.54) is 4.90 Å². The Morgan fingerprint density at radius 3 is 1.94 bits per heavy atom. The Hall–Kier alpha value is -1.10. The molecular weight excluding hydrogens is 222 g/mol. The number of carboxylic acids is 1. The molecule has 0 spiro atoms. The third kappa shape index (κ3) is 7.74. The molecule has 0 radical (unpaired) electrons. The van der Waals surface area contributed by atoms with Crippen molar-refractivity contribution in [2.24, 2.45) is 5.41 Å². The van der Waals surface area contributed by atoms with E-state index in [1.807, 2.05) is 0 Å². The first-order valence-corrected chi connectivity index (χ1v) is 5.61. The number of rotatable bonds is 6. The summed E-state index contributed by atoms with van der Waals surface area (Å²) in [5, 5.41) is 18.3. The van der Waals surface area contributed by atoms with E-state index >= 15 is 0 Å². The van der Waals surface area contributed by atoms with Gasteiger partial charge in [-0.25, -0.2) is 0 Å². The summed E-state index contributed by atoms with van der Waals surface area (Å²) in [7, 11) is 1.61. The van der Waals surface area contributed by atoms with Crippen molar-refractivity contribution in [3.05, 3.63) is 0 Å². The van der Waals surface area contributed by atoms with E-state index in [2.05, 4.69) is 0 Å². The van der Waals surface area contributed by atoms with Gasteiger partial charge in [-0.15, -0.1) is 0 Å². The zero-order valence-corrected chi connectivity index (χ0v) is 11.3. The first kappa shape index (κ1) is 15.9. The van der Waals surface area contributed by atoms with Crippen LogP contribution in [0.5, 0.6) is 0 Å². The number of aliphatic carboxylic acids is 1. The monoisotopic (exact) mass is 245 g/mol. The predicted octanol–water partition coefficient (Wildman–Crippen LogP) is 1.11. The Morgan fingerprint density at radius 1 is 1.12 bits per heavy atom. The molecule has 0 aromatic rings. The number of carbonyl (C=O) groups excluding carboxylic acids is 1. The van der Waals surface area contributed by atoms with Crippen LogP contribution in [0.25, 0.3) is 0 Å². The van der Waals surface area contributed by atoms with Crippen LogP contribution in [0.3, 0.4) is 0 Å². The van der Waals surface area contributed by atoms with Crippen LogP contribution in [0.1, 0.15) is 40.5 Å². The average Bonchev–Trinajstić information content (AvgIpc) is 1.96. The van der Waals surface area contributed by atoms with E-state index in [4.69, 9.17) is 5.11 Å². The van der Waals surface area contributed by atoms with Gasteiger partial charge < -0.3 is 15.1 Å². The fourth-order valence-corrected chi connectivity index (χ4v) is 1.68. The lowest BCUT2D eigenvalue weighted by molar-refractivity contribution is -0.141. The quantitative estimate of drug-likeness (QED) is 0.734. The normalized spacial score (nSPS) is 12.4. The number of amides is 1. The van der Waals surface area contributed by atoms with E-state index in [0.29, 0.717) is 0 Å². The summed E-state index contributed by atoms with van der Waals surface area (Å²) in [6.45, 7) is 6.97. The summed E-state index contributed by atoms with van der Waals surface area (Å²) in [4.78, 5) is 23.9. The number of aliphatic hydroxyl groups is 1. The molecule has 0 heterocycles. The predicted molar refractivity (Wildman–Crippen MR) is 64.6 cm³/mol. The lowest BCUT2D eigenvalue weighted by Crippen LogP contribution is -2.41. The van der Waals surface area contributed by atoms with E-state index in [9.17, 15) is 14.7 Å². The van der Waals surface area contributed by atoms with Crippen LogP contribution in [0.4, 0.5) is 0 Å². The molecule has 0 saturated heterocycles. The Kier molecular flexibility index (Phi) is 5.13. The van der Waals surface area contributed by atoms with Crippen LogP contribution < -0.4 is 0 Å². The van der Waals surface area contributed by atoms with E-state index in [-0.39, 0.29) is 25.3 Å². The van der Waals surface area contributed by atoms with Gasteiger partial charge >= 0.3 is 5.97 Å². The van der Waals surface area contributed by atoms with Gasteiger partial charge in [-0.05, 0) is 19.3 Å². The van der Waals surface area contributed by atoms with Gasteiger partial charge in [0, 0.05) is 20.0 Å². The number of carbonyl (C=O) groups is 2. The number of carboxylic acid groups (broad SMARTS) is 1. The number of likely N-dealkylation sites (N-methyl/N-ethyl adjacent to an activating group) is 1. The molecule has 5 heteroatoms. The molecule has 2 N–H and O–H groups in total. The van der Waals surface area contributed by atoms with Crippen molar-refractivity contribution in [2.75, 3.05) is 13.6 Å². The third-order valence-corrected chi connectivity index (χ3v) is 2.31. The van der Waals surface area contributed by atoms with Crippen LogP contribution in [0.2, 0.25) is 0 Å². The second-order valence-corrected chi connectivity index (χ2v) is 5.97. The molecule has 17 heavy (non-hydrogen) atoms. The van der Waals surface area contributed by atoms with Gasteiger partial charge in [0.25, 0.3) is 0 Å². The van der Waals surface area contributed by atoms with Crippen LogP contribution in [-0.2, 0) is 9.59 Å². The number of nitrogens with zero attached hydrogens (tertiary/aromatic N) is 1. The minimum atomic E-state index is -0.943. The SMILES string of the molecule is CN(CC(C)(C)O)C(=O)CC(C)(C)CC(=O)O. The standard InChI is InChI=1S/C12H23NO4/c1-11(2,7-10(15)16)6-9(14)13(5)8-12(3,4)17/h17H,6-8H2,1-5H3,(H,15,16). The highest BCUT2D eigenvalue weighted by molar-refractivity contribution is 5.77. The molecule has 0 aromatic carbocycles. The lowest BCUT2D eigenvalue weighted by atomic mass is 9.85. The molecule has 0 aromatic heterocycles. The second-order valence-electron chi connectivity index (χ2n) is 5.97. The molecule has 0 rings (SSSR count). The molecule has 0 aliphatic rings. The third-order valence-electron chi connectivity index (χ3n) is 2.31. The van der Waals surface area contributed by atoms with Crippen LogP contribution in [0, 0.1) is 5.41 Å². The summed E-state index contributed by atoms with van der Waals surface area (Å²) in [6.07, 6.45) is 0.112. The van der Waals surface area contributed by atoms with Crippen molar-refractivity contribution in [1.29, 1.82) is 0 Å². The largest absolute Gasteiger partial charge is 0.481 e. The Morgan fingerprint density at radius 2 is 1.59 bits per heavy atom. The van der Waals surface area contributed by atoms with E-state index < -0.39 is 17.0 Å². The molecule has 5 nitrogen and oxygen atoms in total. The topological polar surface area (TPSA) is 77.8 Å². The molecule has 0 unspecified atom stereocenters. The van der Waals surface area contributed by atoms with Crippen LogP contribution >= 0.6 is 0 Å². The first-order chi connectivity index (χ1) is 7.43. The lowest BCUT2D eigenvalue weighted by Gasteiger charge is -2.29. The highest BCUT2D eigenvalue weighted by Gasteiger charge is 2.28. The maximum Gasteiger partial charge on any atom is 0.303 e. The second kappa shape index (κ2) is 5.49. The van der Waals surface area contributed by atoms with Crippen molar-refractivity contribution in [3.8, 4) is 0 Å². The zero-order valence-electron chi connectivity index (χ0n) is 11.3. The minimum absolute atomic E-state index is 0.0465. The van der Waals surface area contributed by atoms with Gasteiger partial charge in [-0.2, -0.15) is 0 Å². The number of hydrogen-bond donors (Lipinski definition) is 2. The maximum absolute atomic E-state index is 11.8. The molecule has 100 valence electrons. The Labute approximate surface area is 102 Å². The molecular formula is C12H23NO4. The minimum Gasteiger partial charge on any atom is -0.481 e. The summed E-state index contributed by atoms with van der Waals surface area (Å²) < 4.78 is 0. The summed E-state index contributed by atoms with van der Waals surface area (Å²) >= 11 is 0. The van der Waals surface area contributed by atoms with Crippen LogP contribution in [-0.4, -0.2) is 46.2 Å². The molecule has 0 bridgehead atoms. The van der Waals surface area contributed by atoms with Gasteiger partial charge in [0.15, 0.2) is 0 Å². The molecule has 0 fully saturated rings. The van der Waals surface area contributed by atoms with Crippen molar-refractivity contribution >= 4 is 11.9 Å². The molecule has 0 atom stereocenters. The highest BCUT2D eigenvalue weighted by Crippen LogP contribution is 2.25. The fourth-order valence-electron chi connectivity index (χ4n) is 1.68. The van der Waals surface area contributed by atoms with Crippen molar-refractivity contribution in [3.63, 3.8) is 0 Å². The van der Waals surface area contributed by atoms with Crippen molar-refractivity contribution < 1.29 is 19.8 Å². The summed E-state index contributed by atoms with van der Waals surface area (Å²) in [5.41, 5.74) is -1.52. The fraction of sp³-hybridized carbons (Fsp3) is 0.833. The summed E-state index contributed by atoms with van der Waals surface area (Å²) in [5.74, 6) is -1.06. The summed E-state index contributed by atoms with van der Waals surface area (Å²) in [6, 6.07) is 0. The highest BCUT2D eigenvalue weighted by atomic mass is 16.4. The molecule has 0 aliphatic carbocycles. The van der Waals surface area contributed by atoms with Crippen molar-refractivity contribution in [1.82, 2.24) is 4.90 Å².